The second-order valence-electron chi connectivity index (χ2n) is 13.1. The van der Waals surface area contributed by atoms with Crippen LogP contribution in [0.25, 0.3) is 5.70 Å². The summed E-state index contributed by atoms with van der Waals surface area (Å²) in [5.74, 6) is -0.460. The third kappa shape index (κ3) is 7.66. The summed E-state index contributed by atoms with van der Waals surface area (Å²) in [4.78, 5) is 46.3. The molecule has 0 bridgehead atoms. The first-order valence-electron chi connectivity index (χ1n) is 16.1. The molecule has 47 heavy (non-hydrogen) atoms. The minimum Gasteiger partial charge on any atom is -0.378 e. The van der Waals surface area contributed by atoms with Gasteiger partial charge in [-0.2, -0.15) is 10.2 Å². The molecular formula is C36H47N7O4. The molecule has 4 rings (SSSR count). The molecule has 2 unspecified atom stereocenters. The van der Waals surface area contributed by atoms with Crippen molar-refractivity contribution in [3.63, 3.8) is 0 Å². The fourth-order valence-electron chi connectivity index (χ4n) is 6.42. The van der Waals surface area contributed by atoms with Crippen LogP contribution in [-0.2, 0) is 23.1 Å². The highest BCUT2D eigenvalue weighted by Crippen LogP contribution is 2.47. The quantitative estimate of drug-likeness (QED) is 0.255. The lowest BCUT2D eigenvalue weighted by atomic mass is 9.67. The number of nitriles is 1. The highest BCUT2D eigenvalue weighted by molar-refractivity contribution is 5.94. The number of nitrogens with zero attached hydrogens (tertiary/aromatic N) is 4. The van der Waals surface area contributed by atoms with Gasteiger partial charge in [-0.1, -0.05) is 45.0 Å². The number of amides is 2. The van der Waals surface area contributed by atoms with Gasteiger partial charge in [0.25, 0.3) is 5.91 Å². The van der Waals surface area contributed by atoms with Crippen LogP contribution in [0.2, 0.25) is 0 Å². The summed E-state index contributed by atoms with van der Waals surface area (Å²) >= 11 is 0. The Balaban J connectivity index is 1.81. The molecule has 0 saturated heterocycles. The molecule has 0 radical (unpaired) electrons. The highest BCUT2D eigenvalue weighted by Gasteiger charge is 2.45. The number of H-pyrrole nitrogens is 1. The summed E-state index contributed by atoms with van der Waals surface area (Å²) in [6.45, 7) is 10.4. The monoisotopic (exact) mass is 641 g/mol. The van der Waals surface area contributed by atoms with Crippen LogP contribution in [0.5, 0.6) is 0 Å². The van der Waals surface area contributed by atoms with E-state index in [2.05, 4.69) is 59.4 Å². The van der Waals surface area contributed by atoms with Crippen molar-refractivity contribution < 1.29 is 14.1 Å². The zero-order valence-corrected chi connectivity index (χ0v) is 28.6. The van der Waals surface area contributed by atoms with Crippen LogP contribution in [-0.4, -0.2) is 78.6 Å². The van der Waals surface area contributed by atoms with Crippen LogP contribution in [0.15, 0.2) is 52.3 Å². The summed E-state index contributed by atoms with van der Waals surface area (Å²) in [6.07, 6.45) is 3.23. The molecule has 1 aromatic heterocycles. The zero-order chi connectivity index (χ0) is 34.5. The van der Waals surface area contributed by atoms with Crippen molar-refractivity contribution in [2.45, 2.75) is 70.4 Å². The molecule has 1 heterocycles. The van der Waals surface area contributed by atoms with Gasteiger partial charge < -0.3 is 25.0 Å². The zero-order valence-electron chi connectivity index (χ0n) is 28.6. The van der Waals surface area contributed by atoms with E-state index in [1.807, 2.05) is 50.2 Å². The van der Waals surface area contributed by atoms with Gasteiger partial charge in [0.15, 0.2) is 5.82 Å². The van der Waals surface area contributed by atoms with Gasteiger partial charge in [0.1, 0.15) is 6.04 Å². The first kappa shape index (κ1) is 35.2. The summed E-state index contributed by atoms with van der Waals surface area (Å²) in [7, 11) is 7.34. The maximum absolute atomic E-state index is 13.0. The molecule has 11 nitrogen and oxygen atoms in total. The van der Waals surface area contributed by atoms with E-state index in [1.165, 1.54) is 0 Å². The number of nitrogens with one attached hydrogen (secondary N) is 3. The fourth-order valence-corrected chi connectivity index (χ4v) is 6.42. The second-order valence-corrected chi connectivity index (χ2v) is 13.1. The van der Waals surface area contributed by atoms with Gasteiger partial charge in [-0.3, -0.25) is 9.59 Å². The van der Waals surface area contributed by atoms with Gasteiger partial charge in [0.2, 0.25) is 5.91 Å². The first-order chi connectivity index (χ1) is 22.3. The van der Waals surface area contributed by atoms with E-state index in [0.29, 0.717) is 43.0 Å². The normalized spacial score (nSPS) is 17.2. The lowest BCUT2D eigenvalue weighted by Gasteiger charge is -2.37. The highest BCUT2D eigenvalue weighted by atomic mass is 16.5. The minimum absolute atomic E-state index is 0.00283. The molecule has 250 valence electrons. The molecule has 0 fully saturated rings. The Morgan fingerprint density at radius 1 is 1.06 bits per heavy atom. The van der Waals surface area contributed by atoms with E-state index in [4.69, 9.17) is 4.52 Å². The van der Waals surface area contributed by atoms with Crippen molar-refractivity contribution in [3.05, 3.63) is 92.7 Å². The summed E-state index contributed by atoms with van der Waals surface area (Å²) < 4.78 is 5.19. The maximum atomic E-state index is 13.0. The second kappa shape index (κ2) is 14.8. The van der Waals surface area contributed by atoms with Gasteiger partial charge in [-0.15, -0.1) is 0 Å². The average molecular weight is 642 g/mol. The topological polar surface area (TPSA) is 147 Å². The van der Waals surface area contributed by atoms with E-state index < -0.39 is 17.2 Å². The van der Waals surface area contributed by atoms with Crippen molar-refractivity contribution in [1.82, 2.24) is 30.6 Å². The number of rotatable bonds is 13. The van der Waals surface area contributed by atoms with Crippen molar-refractivity contribution in [1.29, 1.82) is 5.26 Å². The van der Waals surface area contributed by atoms with Crippen molar-refractivity contribution in [3.8, 4) is 6.07 Å². The van der Waals surface area contributed by atoms with Crippen molar-refractivity contribution in [2.24, 2.45) is 5.92 Å². The molecule has 3 N–H and O–H groups in total. The number of aromatic nitrogens is 2. The Hall–Kier alpha value is -4.69. The van der Waals surface area contributed by atoms with Gasteiger partial charge in [-0.25, -0.2) is 9.95 Å². The Bertz CT molecular complexity index is 1640. The van der Waals surface area contributed by atoms with Gasteiger partial charge in [-0.05, 0) is 84.5 Å². The molecule has 1 aliphatic rings. The molecule has 1 aliphatic carbocycles. The number of benzene rings is 2. The predicted molar refractivity (Wildman–Crippen MR) is 182 cm³/mol. The van der Waals surface area contributed by atoms with Gasteiger partial charge in [0, 0.05) is 45.5 Å². The van der Waals surface area contributed by atoms with Crippen LogP contribution in [0.3, 0.4) is 0 Å². The first-order valence-corrected chi connectivity index (χ1v) is 16.1. The number of hydrogen-bond acceptors (Lipinski definition) is 8. The third-order valence-corrected chi connectivity index (χ3v) is 9.21. The molecule has 0 spiro atoms. The van der Waals surface area contributed by atoms with E-state index in [-0.39, 0.29) is 24.4 Å². The molecular weight excluding hydrogens is 594 g/mol. The number of hydrogen-bond donors (Lipinski definition) is 3. The molecule has 3 aromatic rings. The van der Waals surface area contributed by atoms with Crippen molar-refractivity contribution in [2.75, 3.05) is 34.7 Å². The Morgan fingerprint density at radius 2 is 1.68 bits per heavy atom. The summed E-state index contributed by atoms with van der Waals surface area (Å²) in [5.41, 5.74) is 5.24. The molecule has 2 amide bonds. The van der Waals surface area contributed by atoms with Crippen LogP contribution < -0.4 is 16.4 Å². The van der Waals surface area contributed by atoms with Crippen LogP contribution in [0, 0.1) is 17.2 Å². The average Bonchev–Trinajstić information content (AvgIpc) is 3.44. The minimum atomic E-state index is -1.00. The van der Waals surface area contributed by atoms with Gasteiger partial charge in [0.05, 0.1) is 18.0 Å². The third-order valence-electron chi connectivity index (χ3n) is 9.21. The van der Waals surface area contributed by atoms with Crippen LogP contribution in [0.1, 0.15) is 84.0 Å². The molecule has 4 atom stereocenters. The number of carbonyl (C=O) groups is 2. The Kier molecular flexibility index (Phi) is 11.1. The van der Waals surface area contributed by atoms with E-state index in [9.17, 15) is 19.6 Å². The molecule has 2 aromatic carbocycles. The SMILES string of the molecule is C=C(c1ccc2c(c1)CCc1cc(C(=O)N(C)C)ccc1C2(C[C@H](C)NCC(=O)NC(C#N)C[C@@H](C)CC)c1nc(=O)o[nH]1)N(C)C. The number of fused-ring (bicyclic) bond motifs is 2. The summed E-state index contributed by atoms with van der Waals surface area (Å²) in [5, 5.41) is 18.6. The summed E-state index contributed by atoms with van der Waals surface area (Å²) in [6, 6.07) is 13.3. The number of carbonyl (C=O) groups excluding carboxylic acids is 2. The Labute approximate surface area is 277 Å². The Morgan fingerprint density at radius 3 is 2.21 bits per heavy atom. The van der Waals surface area contributed by atoms with Crippen molar-refractivity contribution >= 4 is 17.5 Å². The standard InChI is InChI=1S/C36H47N7O4/c1-9-22(2)16-29(20-37)39-32(44)21-38-23(3)19-36(34-40-35(46)47-41-34)30-14-12-25(24(4)42(5)6)17-26(30)10-11-27-18-28(13-15-31(27)36)33(45)43(7)8/h12-15,17-18,22-23,29,38H,4,9-11,16,19,21H2,1-3,5-8H3,(H,39,44)(H,40,41,46)/t22-,23-,29?,36?/m0/s1. The fraction of sp³-hybridized carbons (Fsp3) is 0.472. The smallest absolute Gasteiger partial charge is 0.378 e. The van der Waals surface area contributed by atoms with Crippen LogP contribution >= 0.6 is 0 Å². The maximum Gasteiger partial charge on any atom is 0.459 e. The van der Waals surface area contributed by atoms with E-state index in [1.54, 1.807) is 19.0 Å². The lowest BCUT2D eigenvalue weighted by Crippen LogP contribution is -2.45. The van der Waals surface area contributed by atoms with E-state index in [0.717, 1.165) is 39.9 Å². The number of aryl methyl sites for hydroxylation is 2. The van der Waals surface area contributed by atoms with E-state index >= 15 is 0 Å². The number of aromatic amines is 1. The molecule has 11 heteroatoms. The molecule has 0 saturated carbocycles. The largest absolute Gasteiger partial charge is 0.459 e. The lowest BCUT2D eigenvalue weighted by molar-refractivity contribution is -0.120. The predicted octanol–water partition coefficient (Wildman–Crippen LogP) is 3.84. The molecule has 0 aliphatic heterocycles. The van der Waals surface area contributed by atoms with Crippen LogP contribution in [0.4, 0.5) is 0 Å². The van der Waals surface area contributed by atoms with Gasteiger partial charge >= 0.3 is 5.76 Å².